The number of ether oxygens (including phenoxy) is 1. The van der Waals surface area contributed by atoms with Crippen LogP contribution in [-0.4, -0.2) is 46.9 Å². The number of fused-ring (bicyclic) bond motifs is 2. The van der Waals surface area contributed by atoms with Crippen molar-refractivity contribution in [2.45, 2.75) is 88.8 Å². The van der Waals surface area contributed by atoms with E-state index in [1.807, 2.05) is 20.8 Å². The summed E-state index contributed by atoms with van der Waals surface area (Å²) in [4.78, 5) is 13.9. The van der Waals surface area contributed by atoms with Gasteiger partial charge in [-0.2, -0.15) is 0 Å². The maximum atomic E-state index is 14.7. The Morgan fingerprint density at radius 2 is 1.95 bits per heavy atom. The van der Waals surface area contributed by atoms with E-state index in [2.05, 4.69) is 5.32 Å². The molecule has 20 heavy (non-hydrogen) atoms. The quantitative estimate of drug-likeness (QED) is 0.847. The Kier molecular flexibility index (Phi) is 3.43. The van der Waals surface area contributed by atoms with Crippen LogP contribution >= 0.6 is 0 Å². The number of carbonyl (C=O) groups excluding carboxylic acids is 1. The van der Waals surface area contributed by atoms with Crippen LogP contribution in [0.25, 0.3) is 0 Å². The lowest BCUT2D eigenvalue weighted by Gasteiger charge is -2.41. The van der Waals surface area contributed by atoms with Gasteiger partial charge in [-0.25, -0.2) is 9.18 Å². The number of nitrogens with zero attached hydrogens (tertiary/aromatic N) is 1. The van der Waals surface area contributed by atoms with Crippen molar-refractivity contribution in [2.24, 2.45) is 0 Å². The van der Waals surface area contributed by atoms with Crippen LogP contribution in [0, 0.1) is 0 Å². The highest BCUT2D eigenvalue weighted by atomic mass is 19.1. The Morgan fingerprint density at radius 3 is 2.55 bits per heavy atom. The second-order valence-electron chi connectivity index (χ2n) is 7.41. The third kappa shape index (κ3) is 2.78. The molecule has 4 atom stereocenters. The van der Waals surface area contributed by atoms with Gasteiger partial charge >= 0.3 is 6.09 Å². The van der Waals surface area contributed by atoms with E-state index in [1.165, 1.54) is 0 Å². The lowest BCUT2D eigenvalue weighted by Crippen LogP contribution is -2.59. The van der Waals surface area contributed by atoms with E-state index >= 15 is 0 Å². The van der Waals surface area contributed by atoms with Gasteiger partial charge in [0.1, 0.15) is 11.8 Å². The molecule has 114 valence electrons. The molecular weight excluding hydrogens is 259 g/mol. The number of alkyl halides is 1. The molecule has 1 amide bonds. The number of halogens is 1. The summed E-state index contributed by atoms with van der Waals surface area (Å²) in [5.41, 5.74) is -0.522. The average molecular weight is 284 g/mol. The molecule has 3 fully saturated rings. The van der Waals surface area contributed by atoms with Gasteiger partial charge in [0.25, 0.3) is 0 Å². The topological polar surface area (TPSA) is 41.6 Å². The minimum absolute atomic E-state index is 0.0845. The van der Waals surface area contributed by atoms with Crippen molar-refractivity contribution in [3.8, 4) is 0 Å². The summed E-state index contributed by atoms with van der Waals surface area (Å²) >= 11 is 0. The molecule has 1 N–H and O–H groups in total. The molecule has 2 aliphatic heterocycles. The normalized spacial score (nSPS) is 37.1. The minimum atomic E-state index is -0.970. The summed E-state index contributed by atoms with van der Waals surface area (Å²) in [5, 5.41) is 3.40. The first-order valence-corrected chi connectivity index (χ1v) is 7.76. The standard InChI is InChI=1S/C15H25FN2O2/c1-15(2,3)20-14(19)18-10-6-7-12(18)13(16)11(8-10)17-9-4-5-9/h9-13,17H,4-8H2,1-3H3/t10?,11-,12?,13-/m0/s1. The van der Waals surface area contributed by atoms with E-state index in [9.17, 15) is 9.18 Å². The summed E-state index contributed by atoms with van der Waals surface area (Å²) in [6.07, 6.45) is 3.37. The third-order valence-electron chi connectivity index (χ3n) is 4.46. The van der Waals surface area contributed by atoms with E-state index < -0.39 is 11.8 Å². The number of amides is 1. The van der Waals surface area contributed by atoms with E-state index in [0.29, 0.717) is 12.5 Å². The summed E-state index contributed by atoms with van der Waals surface area (Å²) in [5.74, 6) is 0. The van der Waals surface area contributed by atoms with Gasteiger partial charge in [-0.15, -0.1) is 0 Å². The Labute approximate surface area is 120 Å². The zero-order valence-corrected chi connectivity index (χ0v) is 12.6. The molecule has 0 spiro atoms. The van der Waals surface area contributed by atoms with Crippen molar-refractivity contribution in [3.63, 3.8) is 0 Å². The molecule has 4 nitrogen and oxygen atoms in total. The number of carbonyl (C=O) groups is 1. The fourth-order valence-corrected chi connectivity index (χ4v) is 3.46. The molecule has 2 bridgehead atoms. The highest BCUT2D eigenvalue weighted by Crippen LogP contribution is 2.39. The second-order valence-corrected chi connectivity index (χ2v) is 7.41. The van der Waals surface area contributed by atoms with Crippen LogP contribution < -0.4 is 5.32 Å². The van der Waals surface area contributed by atoms with E-state index in [4.69, 9.17) is 4.74 Å². The van der Waals surface area contributed by atoms with Crippen LogP contribution in [0.15, 0.2) is 0 Å². The number of nitrogens with one attached hydrogen (secondary N) is 1. The fraction of sp³-hybridized carbons (Fsp3) is 0.933. The highest BCUT2D eigenvalue weighted by molar-refractivity contribution is 5.70. The van der Waals surface area contributed by atoms with Gasteiger partial charge in [0.05, 0.1) is 6.04 Å². The summed E-state index contributed by atoms with van der Waals surface area (Å²) in [7, 11) is 0. The molecule has 2 heterocycles. The number of hydrogen-bond donors (Lipinski definition) is 1. The van der Waals surface area contributed by atoms with Crippen LogP contribution in [0.5, 0.6) is 0 Å². The Bertz CT molecular complexity index is 392. The first-order chi connectivity index (χ1) is 9.35. The Hall–Kier alpha value is -0.840. The maximum absolute atomic E-state index is 14.7. The summed E-state index contributed by atoms with van der Waals surface area (Å²) in [6.45, 7) is 5.55. The predicted molar refractivity (Wildman–Crippen MR) is 74.3 cm³/mol. The first kappa shape index (κ1) is 14.1. The maximum Gasteiger partial charge on any atom is 0.410 e. The Morgan fingerprint density at radius 1 is 1.25 bits per heavy atom. The van der Waals surface area contributed by atoms with Gasteiger partial charge in [0, 0.05) is 18.1 Å². The van der Waals surface area contributed by atoms with E-state index in [1.54, 1.807) is 4.90 Å². The lowest BCUT2D eigenvalue weighted by molar-refractivity contribution is -0.0135. The third-order valence-corrected chi connectivity index (χ3v) is 4.46. The number of hydrogen-bond acceptors (Lipinski definition) is 3. The van der Waals surface area contributed by atoms with E-state index in [0.717, 1.165) is 25.7 Å². The van der Waals surface area contributed by atoms with Crippen LogP contribution in [0.4, 0.5) is 9.18 Å². The molecule has 2 unspecified atom stereocenters. The molecule has 2 saturated heterocycles. The van der Waals surface area contributed by atoms with Crippen LogP contribution in [-0.2, 0) is 4.74 Å². The van der Waals surface area contributed by atoms with Crippen molar-refractivity contribution in [2.75, 3.05) is 0 Å². The molecule has 1 aliphatic carbocycles. The molecule has 0 aromatic rings. The summed E-state index contributed by atoms with van der Waals surface area (Å²) < 4.78 is 20.1. The molecule has 3 aliphatic rings. The molecule has 0 aromatic carbocycles. The summed E-state index contributed by atoms with van der Waals surface area (Å²) in [6, 6.07) is 0.252. The van der Waals surface area contributed by atoms with Crippen molar-refractivity contribution >= 4 is 6.09 Å². The van der Waals surface area contributed by atoms with Crippen molar-refractivity contribution in [1.82, 2.24) is 10.2 Å². The van der Waals surface area contributed by atoms with Crippen molar-refractivity contribution in [1.29, 1.82) is 0 Å². The van der Waals surface area contributed by atoms with Gasteiger partial charge in [-0.1, -0.05) is 0 Å². The SMILES string of the molecule is CC(C)(C)OC(=O)N1C2CCC1[C@@H](F)[C@@H](NC1CC1)C2. The zero-order chi connectivity index (χ0) is 14.5. The predicted octanol–water partition coefficient (Wildman–Crippen LogP) is 2.62. The van der Waals surface area contributed by atoms with Gasteiger partial charge in [-0.3, -0.25) is 4.90 Å². The van der Waals surface area contributed by atoms with Gasteiger partial charge in [-0.05, 0) is 52.9 Å². The fourth-order valence-electron chi connectivity index (χ4n) is 3.46. The molecular formula is C15H25FN2O2. The average Bonchev–Trinajstić information content (AvgIpc) is 3.04. The van der Waals surface area contributed by atoms with Gasteiger partial charge < -0.3 is 10.1 Å². The first-order valence-electron chi connectivity index (χ1n) is 7.76. The molecule has 0 radical (unpaired) electrons. The monoisotopic (exact) mass is 284 g/mol. The molecule has 1 saturated carbocycles. The highest BCUT2D eigenvalue weighted by Gasteiger charge is 2.51. The van der Waals surface area contributed by atoms with Crippen LogP contribution in [0.3, 0.4) is 0 Å². The number of piperidine rings is 1. The number of rotatable bonds is 2. The minimum Gasteiger partial charge on any atom is -0.444 e. The smallest absolute Gasteiger partial charge is 0.410 e. The molecule has 0 aromatic heterocycles. The Balaban J connectivity index is 1.67. The van der Waals surface area contributed by atoms with Crippen LogP contribution in [0.2, 0.25) is 0 Å². The zero-order valence-electron chi connectivity index (χ0n) is 12.6. The van der Waals surface area contributed by atoms with Crippen molar-refractivity contribution in [3.05, 3.63) is 0 Å². The van der Waals surface area contributed by atoms with Crippen molar-refractivity contribution < 1.29 is 13.9 Å². The second kappa shape index (κ2) is 4.86. The largest absolute Gasteiger partial charge is 0.444 e. The van der Waals surface area contributed by atoms with Gasteiger partial charge in [0.2, 0.25) is 0 Å². The van der Waals surface area contributed by atoms with Crippen LogP contribution in [0.1, 0.15) is 52.9 Å². The molecule has 5 heteroatoms. The molecule has 3 rings (SSSR count). The van der Waals surface area contributed by atoms with E-state index in [-0.39, 0.29) is 24.2 Å². The van der Waals surface area contributed by atoms with Gasteiger partial charge in [0.15, 0.2) is 0 Å². The lowest BCUT2D eigenvalue weighted by atomic mass is 9.95.